The average Bonchev–Trinajstić information content (AvgIpc) is 3.10. The van der Waals surface area contributed by atoms with Gasteiger partial charge in [0.2, 0.25) is 11.7 Å². The molecule has 0 spiro atoms. The van der Waals surface area contributed by atoms with E-state index in [1.165, 1.54) is 0 Å². The zero-order valence-electron chi connectivity index (χ0n) is 15.6. The lowest BCUT2D eigenvalue weighted by Crippen LogP contribution is -2.47. The molecule has 1 aromatic heterocycles. The van der Waals surface area contributed by atoms with E-state index in [-0.39, 0.29) is 24.3 Å². The average molecular weight is 366 g/mol. The molecule has 1 saturated heterocycles. The Hall–Kier alpha value is -2.42. The zero-order chi connectivity index (χ0) is 19.4. The highest BCUT2D eigenvalue weighted by molar-refractivity contribution is 5.93. The van der Waals surface area contributed by atoms with Crippen LogP contribution in [0.4, 0.5) is 0 Å². The van der Waals surface area contributed by atoms with E-state index >= 15 is 0 Å². The Labute approximate surface area is 152 Å². The molecule has 0 unspecified atom stereocenters. The Balaban J connectivity index is 2.11. The molecule has 0 radical (unpaired) electrons. The summed E-state index contributed by atoms with van der Waals surface area (Å²) in [6.07, 6.45) is 0.362. The van der Waals surface area contributed by atoms with Crippen LogP contribution in [0.15, 0.2) is 4.42 Å². The monoisotopic (exact) mass is 366 g/mol. The number of carbonyl (C=O) groups is 3. The lowest BCUT2D eigenvalue weighted by molar-refractivity contribution is -0.141. The molecule has 9 nitrogen and oxygen atoms in total. The van der Waals surface area contributed by atoms with Crippen LogP contribution in [-0.2, 0) is 9.59 Å². The van der Waals surface area contributed by atoms with Crippen LogP contribution < -0.4 is 5.32 Å². The standard InChI is InChI=1S/C17H26N4O5/c1-5-20(6-2)17(25)13-7-12(8-21(13)9-14(22)23)19-16(24)15-10(3)18-11(4)26-15/h12-13H,5-9H2,1-4H3,(H,19,24)(H,22,23)/t12-,13-/m0/s1. The number of hydrogen-bond acceptors (Lipinski definition) is 6. The Morgan fingerprint density at radius 3 is 2.46 bits per heavy atom. The highest BCUT2D eigenvalue weighted by Crippen LogP contribution is 2.21. The molecule has 2 atom stereocenters. The molecule has 0 saturated carbocycles. The van der Waals surface area contributed by atoms with Gasteiger partial charge in [-0.1, -0.05) is 0 Å². The van der Waals surface area contributed by atoms with Crippen LogP contribution in [0, 0.1) is 13.8 Å². The van der Waals surface area contributed by atoms with Crippen LogP contribution in [0.3, 0.4) is 0 Å². The number of rotatable bonds is 7. The minimum absolute atomic E-state index is 0.111. The van der Waals surface area contributed by atoms with Gasteiger partial charge in [0, 0.05) is 32.6 Å². The summed E-state index contributed by atoms with van der Waals surface area (Å²) < 4.78 is 5.32. The molecule has 2 amide bonds. The van der Waals surface area contributed by atoms with Gasteiger partial charge in [-0.05, 0) is 27.2 Å². The second kappa shape index (κ2) is 8.31. The van der Waals surface area contributed by atoms with E-state index in [9.17, 15) is 14.4 Å². The number of likely N-dealkylation sites (tertiary alicyclic amines) is 1. The lowest BCUT2D eigenvalue weighted by Gasteiger charge is -2.27. The SMILES string of the molecule is CCN(CC)C(=O)[C@@H]1C[C@H](NC(=O)c2oc(C)nc2C)CN1CC(=O)O. The van der Waals surface area contributed by atoms with Crippen molar-refractivity contribution in [2.24, 2.45) is 0 Å². The van der Waals surface area contributed by atoms with Crippen molar-refractivity contribution in [2.75, 3.05) is 26.2 Å². The summed E-state index contributed by atoms with van der Waals surface area (Å²) >= 11 is 0. The molecule has 0 aliphatic carbocycles. The fourth-order valence-electron chi connectivity index (χ4n) is 3.35. The summed E-state index contributed by atoms with van der Waals surface area (Å²) in [4.78, 5) is 43.6. The van der Waals surface area contributed by atoms with Crippen LogP contribution in [-0.4, -0.2) is 75.9 Å². The zero-order valence-corrected chi connectivity index (χ0v) is 15.6. The van der Waals surface area contributed by atoms with Crippen LogP contribution in [0.25, 0.3) is 0 Å². The summed E-state index contributed by atoms with van der Waals surface area (Å²) in [5, 5.41) is 12.0. The quantitative estimate of drug-likeness (QED) is 0.718. The highest BCUT2D eigenvalue weighted by Gasteiger charge is 2.40. The number of nitrogens with zero attached hydrogens (tertiary/aromatic N) is 3. The molecule has 1 aliphatic heterocycles. The van der Waals surface area contributed by atoms with E-state index in [0.29, 0.717) is 37.6 Å². The van der Waals surface area contributed by atoms with Crippen LogP contribution in [0.1, 0.15) is 42.4 Å². The maximum atomic E-state index is 12.7. The molecule has 1 aliphatic rings. The summed E-state index contributed by atoms with van der Waals surface area (Å²) in [5.74, 6) is -0.970. The number of aryl methyl sites for hydroxylation is 2. The molecule has 0 aromatic carbocycles. The number of carboxylic acid groups (broad SMARTS) is 1. The first kappa shape index (κ1) is 19.9. The Kier molecular flexibility index (Phi) is 6.36. The van der Waals surface area contributed by atoms with E-state index in [2.05, 4.69) is 10.3 Å². The lowest BCUT2D eigenvalue weighted by atomic mass is 10.1. The number of likely N-dealkylation sites (N-methyl/N-ethyl adjacent to an activating group) is 1. The van der Waals surface area contributed by atoms with E-state index in [1.54, 1.807) is 23.6 Å². The smallest absolute Gasteiger partial charge is 0.317 e. The fraction of sp³-hybridized carbons (Fsp3) is 0.647. The van der Waals surface area contributed by atoms with Gasteiger partial charge in [0.15, 0.2) is 5.89 Å². The van der Waals surface area contributed by atoms with Crippen molar-refractivity contribution in [3.05, 3.63) is 17.3 Å². The number of carbonyl (C=O) groups excluding carboxylic acids is 2. The largest absolute Gasteiger partial charge is 0.480 e. The molecule has 1 aromatic rings. The molecule has 2 heterocycles. The Morgan fingerprint density at radius 1 is 1.31 bits per heavy atom. The van der Waals surface area contributed by atoms with Gasteiger partial charge in [0.1, 0.15) is 0 Å². The third-order valence-electron chi connectivity index (χ3n) is 4.55. The molecule has 144 valence electrons. The molecular weight excluding hydrogens is 340 g/mol. The third kappa shape index (κ3) is 4.40. The van der Waals surface area contributed by atoms with Crippen molar-refractivity contribution in [3.63, 3.8) is 0 Å². The van der Waals surface area contributed by atoms with Crippen molar-refractivity contribution in [3.8, 4) is 0 Å². The Bertz CT molecular complexity index is 683. The van der Waals surface area contributed by atoms with Crippen LogP contribution in [0.2, 0.25) is 0 Å². The topological polar surface area (TPSA) is 116 Å². The van der Waals surface area contributed by atoms with Crippen molar-refractivity contribution in [1.82, 2.24) is 20.1 Å². The van der Waals surface area contributed by atoms with Gasteiger partial charge in [-0.25, -0.2) is 4.98 Å². The van der Waals surface area contributed by atoms with Gasteiger partial charge >= 0.3 is 5.97 Å². The minimum atomic E-state index is -1.00. The van der Waals surface area contributed by atoms with Gasteiger partial charge in [-0.15, -0.1) is 0 Å². The van der Waals surface area contributed by atoms with Crippen molar-refractivity contribution >= 4 is 17.8 Å². The second-order valence-electron chi connectivity index (χ2n) is 6.40. The minimum Gasteiger partial charge on any atom is -0.480 e. The summed E-state index contributed by atoms with van der Waals surface area (Å²) in [5.41, 5.74) is 0.496. The van der Waals surface area contributed by atoms with E-state index in [0.717, 1.165) is 0 Å². The van der Waals surface area contributed by atoms with Crippen molar-refractivity contribution in [1.29, 1.82) is 0 Å². The maximum absolute atomic E-state index is 12.7. The number of hydrogen-bond donors (Lipinski definition) is 2. The number of carboxylic acids is 1. The molecule has 2 N–H and O–H groups in total. The first-order valence-electron chi connectivity index (χ1n) is 8.76. The first-order chi connectivity index (χ1) is 12.3. The van der Waals surface area contributed by atoms with Gasteiger partial charge in [0.05, 0.1) is 18.3 Å². The second-order valence-corrected chi connectivity index (χ2v) is 6.40. The molecule has 1 fully saturated rings. The number of oxazole rings is 1. The predicted molar refractivity (Wildman–Crippen MR) is 92.8 cm³/mol. The van der Waals surface area contributed by atoms with E-state index in [1.807, 2.05) is 13.8 Å². The molecule has 0 bridgehead atoms. The third-order valence-corrected chi connectivity index (χ3v) is 4.55. The normalized spacial score (nSPS) is 20.2. The summed E-state index contributed by atoms with van der Waals surface area (Å²) in [6, 6.07) is -0.898. The summed E-state index contributed by atoms with van der Waals surface area (Å²) in [6.45, 7) is 8.27. The van der Waals surface area contributed by atoms with E-state index < -0.39 is 17.9 Å². The first-order valence-corrected chi connectivity index (χ1v) is 8.76. The van der Waals surface area contributed by atoms with Gasteiger partial charge < -0.3 is 19.7 Å². The summed E-state index contributed by atoms with van der Waals surface area (Å²) in [7, 11) is 0. The number of nitrogens with one attached hydrogen (secondary N) is 1. The number of aliphatic carboxylic acids is 1. The molecule has 9 heteroatoms. The van der Waals surface area contributed by atoms with Gasteiger partial charge in [-0.2, -0.15) is 0 Å². The molecule has 2 rings (SSSR count). The van der Waals surface area contributed by atoms with Crippen LogP contribution in [0.5, 0.6) is 0 Å². The molecule has 26 heavy (non-hydrogen) atoms. The van der Waals surface area contributed by atoms with E-state index in [4.69, 9.17) is 9.52 Å². The van der Waals surface area contributed by atoms with Gasteiger partial charge in [0.25, 0.3) is 5.91 Å². The van der Waals surface area contributed by atoms with Gasteiger partial charge in [-0.3, -0.25) is 19.3 Å². The fourth-order valence-corrected chi connectivity index (χ4v) is 3.35. The number of amides is 2. The Morgan fingerprint density at radius 2 is 1.96 bits per heavy atom. The van der Waals surface area contributed by atoms with Crippen molar-refractivity contribution < 1.29 is 23.9 Å². The highest BCUT2D eigenvalue weighted by atomic mass is 16.4. The van der Waals surface area contributed by atoms with Crippen molar-refractivity contribution in [2.45, 2.75) is 46.2 Å². The van der Waals surface area contributed by atoms with Crippen LogP contribution >= 0.6 is 0 Å². The predicted octanol–water partition coefficient (Wildman–Crippen LogP) is 0.417. The molecular formula is C17H26N4O5. The number of aromatic nitrogens is 1. The maximum Gasteiger partial charge on any atom is 0.317 e.